The van der Waals surface area contributed by atoms with Gasteiger partial charge in [-0.25, -0.2) is 0 Å². The molecule has 34 heavy (non-hydrogen) atoms. The molecule has 0 amide bonds. The Bertz CT molecular complexity index is 1490. The van der Waals surface area contributed by atoms with Gasteiger partial charge in [0.2, 0.25) is 0 Å². The van der Waals surface area contributed by atoms with E-state index in [0.29, 0.717) is 28.5 Å². The molecule has 0 unspecified atom stereocenters. The van der Waals surface area contributed by atoms with Crippen molar-refractivity contribution in [2.75, 3.05) is 7.11 Å². The van der Waals surface area contributed by atoms with Crippen LogP contribution in [0.15, 0.2) is 104 Å². The zero-order chi connectivity index (χ0) is 23.4. The zero-order valence-electron chi connectivity index (χ0n) is 18.3. The number of aromatic hydroxyl groups is 1. The summed E-state index contributed by atoms with van der Waals surface area (Å²) in [5.74, 6) is 0.415. The number of nitrogens with zero attached hydrogens (tertiary/aromatic N) is 4. The summed E-state index contributed by atoms with van der Waals surface area (Å²) in [6, 6.07) is 21.1. The van der Waals surface area contributed by atoms with Crippen molar-refractivity contribution in [1.82, 2.24) is 0 Å². The van der Waals surface area contributed by atoms with Crippen molar-refractivity contribution >= 4 is 73.2 Å². The molecule has 0 fully saturated rings. The summed E-state index contributed by atoms with van der Waals surface area (Å²) in [5.41, 5.74) is 1.66. The third kappa shape index (κ3) is 5.85. The van der Waals surface area contributed by atoms with Crippen LogP contribution in [0.4, 0.5) is 22.7 Å². The Balaban J connectivity index is 0.00000324. The second kappa shape index (κ2) is 10.9. The summed E-state index contributed by atoms with van der Waals surface area (Å²) in [7, 11) is -2.78. The maximum atomic E-state index is 11.1. The van der Waals surface area contributed by atoms with E-state index in [2.05, 4.69) is 20.5 Å². The molecular weight excluding hydrogens is 467 g/mol. The summed E-state index contributed by atoms with van der Waals surface area (Å²) >= 11 is 0. The van der Waals surface area contributed by atoms with Crippen molar-refractivity contribution in [1.29, 1.82) is 0 Å². The number of ether oxygens (including phenoxy) is 1. The molecule has 0 saturated carbocycles. The number of hydrogen-bond donors (Lipinski definition) is 2. The minimum Gasteiger partial charge on any atom is -0.506 e. The molecule has 0 bridgehead atoms. The van der Waals surface area contributed by atoms with Crippen LogP contribution in [0.5, 0.6) is 11.5 Å². The fourth-order valence-electron chi connectivity index (χ4n) is 3.06. The average Bonchev–Trinajstić information content (AvgIpc) is 2.82. The quantitative estimate of drug-likeness (QED) is 0.189. The molecule has 0 spiro atoms. The number of methoxy groups -OCH3 is 1. The van der Waals surface area contributed by atoms with Crippen LogP contribution < -0.4 is 4.74 Å². The van der Waals surface area contributed by atoms with Crippen molar-refractivity contribution in [3.05, 3.63) is 78.9 Å². The molecule has 0 saturated heterocycles. The van der Waals surface area contributed by atoms with Gasteiger partial charge in [0.25, 0.3) is 10.1 Å². The Morgan fingerprint density at radius 3 is 2.18 bits per heavy atom. The second-order valence-electron chi connectivity index (χ2n) is 6.88. The van der Waals surface area contributed by atoms with Gasteiger partial charge in [-0.05, 0) is 47.9 Å². The van der Waals surface area contributed by atoms with Crippen molar-refractivity contribution in [3.63, 3.8) is 0 Å². The number of rotatable bonds is 6. The van der Waals surface area contributed by atoms with Crippen LogP contribution in [0.1, 0.15) is 0 Å². The van der Waals surface area contributed by atoms with E-state index in [1.54, 1.807) is 30.3 Å². The van der Waals surface area contributed by atoms with Gasteiger partial charge in [-0.2, -0.15) is 18.6 Å². The summed E-state index contributed by atoms with van der Waals surface area (Å²) in [5, 5.41) is 28.6. The monoisotopic (exact) mass is 485 g/mol. The van der Waals surface area contributed by atoms with Gasteiger partial charge in [-0.15, -0.1) is 10.2 Å². The van der Waals surface area contributed by atoms with Gasteiger partial charge >= 0.3 is 0 Å². The first-order valence-electron chi connectivity index (χ1n) is 9.65. The van der Waals surface area contributed by atoms with Gasteiger partial charge < -0.3 is 9.84 Å². The van der Waals surface area contributed by atoms with E-state index in [1.165, 1.54) is 31.4 Å². The molecule has 0 aliphatic heterocycles. The minimum absolute atomic E-state index is 0. The van der Waals surface area contributed by atoms with Crippen LogP contribution >= 0.6 is 0 Å². The van der Waals surface area contributed by atoms with Crippen molar-refractivity contribution in [3.8, 4) is 11.5 Å². The number of azo groups is 2. The van der Waals surface area contributed by atoms with E-state index in [4.69, 9.17) is 9.29 Å². The van der Waals surface area contributed by atoms with Crippen LogP contribution in [0, 0.1) is 0 Å². The molecule has 0 heterocycles. The summed E-state index contributed by atoms with van der Waals surface area (Å²) in [6.45, 7) is 0. The first-order chi connectivity index (χ1) is 15.8. The van der Waals surface area contributed by atoms with Crippen molar-refractivity contribution < 1.29 is 22.8 Å². The molecule has 4 aromatic carbocycles. The summed E-state index contributed by atoms with van der Waals surface area (Å²) in [4.78, 5) is -0.227. The molecule has 0 atom stereocenters. The molecule has 167 valence electrons. The number of benzene rings is 4. The number of phenols is 1. The zero-order valence-corrected chi connectivity index (χ0v) is 21.1. The fraction of sp³-hybridized carbons (Fsp3) is 0.0435. The molecule has 1 radical (unpaired) electrons. The molecule has 9 nitrogen and oxygen atoms in total. The Hall–Kier alpha value is -3.15. The predicted molar refractivity (Wildman–Crippen MR) is 129 cm³/mol. The van der Waals surface area contributed by atoms with E-state index >= 15 is 0 Å². The van der Waals surface area contributed by atoms with Gasteiger partial charge in [0.1, 0.15) is 22.9 Å². The Labute approximate surface area is 217 Å². The average molecular weight is 485 g/mol. The van der Waals surface area contributed by atoms with Crippen molar-refractivity contribution in [2.24, 2.45) is 20.5 Å². The van der Waals surface area contributed by atoms with Crippen LogP contribution in [-0.4, -0.2) is 54.7 Å². The van der Waals surface area contributed by atoms with Gasteiger partial charge in [-0.1, -0.05) is 30.3 Å². The third-order valence-electron chi connectivity index (χ3n) is 4.72. The number of fused-ring (bicyclic) bond motifs is 1. The summed E-state index contributed by atoms with van der Waals surface area (Å²) in [6.07, 6.45) is 0. The van der Waals surface area contributed by atoms with Gasteiger partial charge in [0.15, 0.2) is 0 Å². The molecular formula is C23H18N4NaO5S. The summed E-state index contributed by atoms with van der Waals surface area (Å²) < 4.78 is 36.6. The van der Waals surface area contributed by atoms with Crippen LogP contribution in [-0.2, 0) is 10.1 Å². The predicted octanol–water partition coefficient (Wildman–Crippen LogP) is 6.25. The molecule has 4 rings (SSSR count). The number of hydrogen-bond acceptors (Lipinski definition) is 8. The molecule has 2 N–H and O–H groups in total. The Morgan fingerprint density at radius 1 is 0.794 bits per heavy atom. The van der Waals surface area contributed by atoms with E-state index < -0.39 is 10.1 Å². The van der Waals surface area contributed by atoms with Gasteiger partial charge in [-0.3, -0.25) is 4.55 Å². The molecule has 0 aromatic heterocycles. The Morgan fingerprint density at radius 2 is 1.47 bits per heavy atom. The standard InChI is InChI=1S/C23H18N4O5S.Na/c1-32-22-14-17(25-24-16-7-10-18(11-8-16)33(29,30)31)9-12-20(22)26-27-23-19-5-3-2-4-15(19)6-13-21(23)28;/h2-14,28H,1H3,(H,29,30,31);. The van der Waals surface area contributed by atoms with Gasteiger partial charge in [0.05, 0.1) is 23.4 Å². The first-order valence-corrected chi connectivity index (χ1v) is 11.1. The fourth-order valence-corrected chi connectivity index (χ4v) is 3.54. The van der Waals surface area contributed by atoms with Crippen LogP contribution in [0.3, 0.4) is 0 Å². The van der Waals surface area contributed by atoms with Crippen LogP contribution in [0.25, 0.3) is 10.8 Å². The van der Waals surface area contributed by atoms with E-state index in [9.17, 15) is 13.5 Å². The van der Waals surface area contributed by atoms with E-state index in [-0.39, 0.29) is 40.2 Å². The largest absolute Gasteiger partial charge is 0.506 e. The maximum absolute atomic E-state index is 11.1. The van der Waals surface area contributed by atoms with E-state index in [0.717, 1.165) is 10.8 Å². The molecule has 0 aliphatic carbocycles. The van der Waals surface area contributed by atoms with E-state index in [1.807, 2.05) is 24.3 Å². The molecule has 11 heteroatoms. The van der Waals surface area contributed by atoms with Crippen LogP contribution in [0.2, 0.25) is 0 Å². The first kappa shape index (κ1) is 25.5. The minimum atomic E-state index is -4.26. The SMILES string of the molecule is COc1cc(N=Nc2ccc(S(=O)(=O)O)cc2)ccc1N=Nc1c(O)ccc2ccccc12.[Na]. The third-order valence-corrected chi connectivity index (χ3v) is 5.58. The Kier molecular flexibility index (Phi) is 8.13. The topological polar surface area (TPSA) is 133 Å². The van der Waals surface area contributed by atoms with Gasteiger partial charge in [0, 0.05) is 41.0 Å². The normalized spacial score (nSPS) is 11.7. The molecule has 4 aromatic rings. The second-order valence-corrected chi connectivity index (χ2v) is 8.30. The van der Waals surface area contributed by atoms with Crippen molar-refractivity contribution in [2.45, 2.75) is 4.90 Å². The number of phenolic OH excluding ortho intramolecular Hbond substituents is 1. The smallest absolute Gasteiger partial charge is 0.294 e. The molecule has 0 aliphatic rings. The maximum Gasteiger partial charge on any atom is 0.294 e.